The third-order valence-corrected chi connectivity index (χ3v) is 2.51. The summed E-state index contributed by atoms with van der Waals surface area (Å²) < 4.78 is 40.0. The molecule has 2 rings (SSSR count). The Hall–Kier alpha value is -2.05. The smallest absolute Gasteiger partial charge is 0.370 e. The molecule has 2 aromatic rings. The highest BCUT2D eigenvalue weighted by Gasteiger charge is 2.31. The number of nitrogens with zero attached hydrogens (tertiary/aromatic N) is 3. The van der Waals surface area contributed by atoms with Crippen molar-refractivity contribution in [3.05, 3.63) is 30.1 Å². The molecule has 0 amide bonds. The third kappa shape index (κ3) is 3.04. The standard InChI is InChI=1S/C12H13F3N4/c1-3-16-11-5-9(12(13,14)15)4-10(18-11)8-6-17-19(2)7-8/h4-7H,3H2,1-2H3,(H,16,18). The first-order valence-electron chi connectivity index (χ1n) is 5.72. The van der Waals surface area contributed by atoms with Crippen molar-refractivity contribution in [3.63, 3.8) is 0 Å². The maximum absolute atomic E-state index is 12.8. The summed E-state index contributed by atoms with van der Waals surface area (Å²) in [5.74, 6) is 0.205. The molecule has 0 aliphatic heterocycles. The van der Waals surface area contributed by atoms with Crippen LogP contribution in [0.15, 0.2) is 24.5 Å². The Morgan fingerprint density at radius 2 is 2.05 bits per heavy atom. The number of alkyl halides is 3. The van der Waals surface area contributed by atoms with Crippen LogP contribution >= 0.6 is 0 Å². The fraction of sp³-hybridized carbons (Fsp3) is 0.333. The fourth-order valence-electron chi connectivity index (χ4n) is 1.67. The van der Waals surface area contributed by atoms with Crippen LogP contribution in [0.1, 0.15) is 12.5 Å². The second kappa shape index (κ2) is 4.91. The SMILES string of the molecule is CCNc1cc(C(F)(F)F)cc(-c2cnn(C)c2)n1. The number of pyridine rings is 1. The van der Waals surface area contributed by atoms with Gasteiger partial charge in [0.05, 0.1) is 17.5 Å². The predicted molar refractivity (Wildman–Crippen MR) is 65.6 cm³/mol. The van der Waals surface area contributed by atoms with Crippen molar-refractivity contribution in [1.29, 1.82) is 0 Å². The summed E-state index contributed by atoms with van der Waals surface area (Å²) in [6.07, 6.45) is -1.29. The number of aromatic nitrogens is 3. The molecule has 0 saturated heterocycles. The molecule has 7 heteroatoms. The lowest BCUT2D eigenvalue weighted by Crippen LogP contribution is -2.08. The van der Waals surface area contributed by atoms with Gasteiger partial charge >= 0.3 is 6.18 Å². The molecule has 0 aliphatic carbocycles. The second-order valence-corrected chi connectivity index (χ2v) is 4.06. The van der Waals surface area contributed by atoms with Gasteiger partial charge in [0, 0.05) is 25.4 Å². The summed E-state index contributed by atoms with van der Waals surface area (Å²) in [6.45, 7) is 2.30. The summed E-state index contributed by atoms with van der Waals surface area (Å²) in [4.78, 5) is 4.16. The van der Waals surface area contributed by atoms with Crippen LogP contribution in [0.3, 0.4) is 0 Å². The molecule has 4 nitrogen and oxygen atoms in total. The molecule has 2 heterocycles. The van der Waals surface area contributed by atoms with Crippen LogP contribution in [0, 0.1) is 0 Å². The van der Waals surface area contributed by atoms with E-state index in [9.17, 15) is 13.2 Å². The minimum Gasteiger partial charge on any atom is -0.370 e. The average Bonchev–Trinajstić information content (AvgIpc) is 2.75. The number of aryl methyl sites for hydroxylation is 1. The lowest BCUT2D eigenvalue weighted by atomic mass is 10.1. The van der Waals surface area contributed by atoms with E-state index < -0.39 is 11.7 Å². The average molecular weight is 270 g/mol. The van der Waals surface area contributed by atoms with Crippen molar-refractivity contribution in [2.24, 2.45) is 7.05 Å². The zero-order valence-corrected chi connectivity index (χ0v) is 10.5. The maximum Gasteiger partial charge on any atom is 0.416 e. The molecule has 102 valence electrons. The third-order valence-electron chi connectivity index (χ3n) is 2.51. The summed E-state index contributed by atoms with van der Waals surface area (Å²) >= 11 is 0. The van der Waals surface area contributed by atoms with E-state index in [0.717, 1.165) is 12.1 Å². The second-order valence-electron chi connectivity index (χ2n) is 4.06. The van der Waals surface area contributed by atoms with Crippen LogP contribution in [0.4, 0.5) is 19.0 Å². The molecule has 2 aromatic heterocycles. The van der Waals surface area contributed by atoms with Gasteiger partial charge in [-0.05, 0) is 19.1 Å². The van der Waals surface area contributed by atoms with Gasteiger partial charge in [0.1, 0.15) is 5.82 Å². The van der Waals surface area contributed by atoms with E-state index >= 15 is 0 Å². The van der Waals surface area contributed by atoms with Crippen molar-refractivity contribution < 1.29 is 13.2 Å². The van der Waals surface area contributed by atoms with Gasteiger partial charge in [-0.2, -0.15) is 18.3 Å². The Kier molecular flexibility index (Phi) is 3.46. The van der Waals surface area contributed by atoms with E-state index in [1.54, 1.807) is 20.2 Å². The Bertz CT molecular complexity index is 575. The van der Waals surface area contributed by atoms with Crippen LogP contribution in [-0.4, -0.2) is 21.3 Å². The predicted octanol–water partition coefficient (Wildman–Crippen LogP) is 2.93. The van der Waals surface area contributed by atoms with Gasteiger partial charge in [0.2, 0.25) is 0 Å². The quantitative estimate of drug-likeness (QED) is 0.932. The number of nitrogens with one attached hydrogen (secondary N) is 1. The summed E-state index contributed by atoms with van der Waals surface area (Å²) in [5, 5.41) is 6.73. The number of anilines is 1. The first-order valence-corrected chi connectivity index (χ1v) is 5.72. The minimum atomic E-state index is -4.40. The van der Waals surface area contributed by atoms with Crippen LogP contribution in [0.5, 0.6) is 0 Å². The van der Waals surface area contributed by atoms with E-state index in [1.165, 1.54) is 10.9 Å². The lowest BCUT2D eigenvalue weighted by molar-refractivity contribution is -0.137. The Balaban J connectivity index is 2.51. The first-order chi connectivity index (χ1) is 8.90. The van der Waals surface area contributed by atoms with Gasteiger partial charge in [-0.1, -0.05) is 0 Å². The molecule has 1 N–H and O–H groups in total. The molecule has 0 radical (unpaired) electrons. The van der Waals surface area contributed by atoms with Crippen LogP contribution in [-0.2, 0) is 13.2 Å². The summed E-state index contributed by atoms with van der Waals surface area (Å²) in [7, 11) is 1.70. The van der Waals surface area contributed by atoms with Crippen molar-refractivity contribution in [2.45, 2.75) is 13.1 Å². The van der Waals surface area contributed by atoms with Gasteiger partial charge in [-0.25, -0.2) is 4.98 Å². The topological polar surface area (TPSA) is 42.7 Å². The minimum absolute atomic E-state index is 0.205. The number of hydrogen-bond acceptors (Lipinski definition) is 3. The van der Waals surface area contributed by atoms with Gasteiger partial charge in [-0.3, -0.25) is 4.68 Å². The van der Waals surface area contributed by atoms with Crippen LogP contribution < -0.4 is 5.32 Å². The molecular formula is C12H13F3N4. The van der Waals surface area contributed by atoms with Gasteiger partial charge in [0.25, 0.3) is 0 Å². The molecular weight excluding hydrogens is 257 g/mol. The number of rotatable bonds is 3. The fourth-order valence-corrected chi connectivity index (χ4v) is 1.67. The molecule has 0 aliphatic rings. The van der Waals surface area contributed by atoms with E-state index in [-0.39, 0.29) is 11.5 Å². The number of hydrogen-bond donors (Lipinski definition) is 1. The largest absolute Gasteiger partial charge is 0.416 e. The highest BCUT2D eigenvalue weighted by atomic mass is 19.4. The molecule has 0 atom stereocenters. The Labute approximate surface area is 108 Å². The zero-order chi connectivity index (χ0) is 14.0. The molecule has 0 unspecified atom stereocenters. The van der Waals surface area contributed by atoms with E-state index in [1.807, 2.05) is 0 Å². The van der Waals surface area contributed by atoms with Crippen molar-refractivity contribution in [1.82, 2.24) is 14.8 Å². The summed E-state index contributed by atoms with van der Waals surface area (Å²) in [5.41, 5.74) is 0.0731. The molecule has 0 spiro atoms. The Morgan fingerprint density at radius 1 is 1.32 bits per heavy atom. The van der Waals surface area contributed by atoms with E-state index in [0.29, 0.717) is 12.1 Å². The normalized spacial score (nSPS) is 11.6. The van der Waals surface area contributed by atoms with Gasteiger partial charge < -0.3 is 5.32 Å². The summed E-state index contributed by atoms with van der Waals surface area (Å²) in [6, 6.07) is 2.03. The monoisotopic (exact) mass is 270 g/mol. The van der Waals surface area contributed by atoms with Gasteiger partial charge in [0.15, 0.2) is 0 Å². The Morgan fingerprint density at radius 3 is 2.58 bits per heavy atom. The van der Waals surface area contributed by atoms with E-state index in [4.69, 9.17) is 0 Å². The van der Waals surface area contributed by atoms with Gasteiger partial charge in [-0.15, -0.1) is 0 Å². The number of halogens is 3. The molecule has 0 fully saturated rings. The molecule has 0 saturated carbocycles. The molecule has 0 aromatic carbocycles. The highest BCUT2D eigenvalue weighted by molar-refractivity contribution is 5.61. The van der Waals surface area contributed by atoms with Crippen molar-refractivity contribution in [3.8, 4) is 11.3 Å². The van der Waals surface area contributed by atoms with Crippen LogP contribution in [0.25, 0.3) is 11.3 Å². The van der Waals surface area contributed by atoms with E-state index in [2.05, 4.69) is 15.4 Å². The van der Waals surface area contributed by atoms with Crippen molar-refractivity contribution in [2.75, 3.05) is 11.9 Å². The first kappa shape index (κ1) is 13.4. The van der Waals surface area contributed by atoms with Crippen LogP contribution in [0.2, 0.25) is 0 Å². The maximum atomic E-state index is 12.8. The molecule has 0 bridgehead atoms. The molecule has 19 heavy (non-hydrogen) atoms. The lowest BCUT2D eigenvalue weighted by Gasteiger charge is -2.11. The zero-order valence-electron chi connectivity index (χ0n) is 10.5. The van der Waals surface area contributed by atoms with Crippen molar-refractivity contribution >= 4 is 5.82 Å². The highest BCUT2D eigenvalue weighted by Crippen LogP contribution is 2.33.